The highest BCUT2D eigenvalue weighted by atomic mass is 19.2. The van der Waals surface area contributed by atoms with Crippen LogP contribution in [0.1, 0.15) is 22.8 Å². The van der Waals surface area contributed by atoms with Crippen LogP contribution in [0.2, 0.25) is 0 Å². The highest BCUT2D eigenvalue weighted by molar-refractivity contribution is 5.94. The van der Waals surface area contributed by atoms with Crippen LogP contribution in [-0.2, 0) is 6.54 Å². The quantitative estimate of drug-likeness (QED) is 0.879. The number of benzene rings is 2. The van der Waals surface area contributed by atoms with Crippen molar-refractivity contribution in [3.05, 3.63) is 65.2 Å². The summed E-state index contributed by atoms with van der Waals surface area (Å²) in [4.78, 5) is 13.9. The number of nitrogen functional groups attached to an aromatic ring is 1. The molecule has 2 rings (SSSR count). The summed E-state index contributed by atoms with van der Waals surface area (Å²) in [5, 5.41) is 0. The molecule has 0 heterocycles. The SMILES string of the molecule is CCN(Cc1ccccc1N)C(=O)c1ccc(F)c(F)c1. The number of amides is 1. The lowest BCUT2D eigenvalue weighted by Gasteiger charge is -2.22. The van der Waals surface area contributed by atoms with E-state index in [2.05, 4.69) is 0 Å². The Morgan fingerprint density at radius 2 is 1.86 bits per heavy atom. The Morgan fingerprint density at radius 1 is 1.14 bits per heavy atom. The summed E-state index contributed by atoms with van der Waals surface area (Å²) >= 11 is 0. The number of halogens is 2. The van der Waals surface area contributed by atoms with Crippen molar-refractivity contribution in [3.63, 3.8) is 0 Å². The summed E-state index contributed by atoms with van der Waals surface area (Å²) in [5.74, 6) is -2.36. The summed E-state index contributed by atoms with van der Waals surface area (Å²) < 4.78 is 26.2. The van der Waals surface area contributed by atoms with Crippen molar-refractivity contribution in [2.24, 2.45) is 0 Å². The first-order valence-electron chi connectivity index (χ1n) is 6.60. The molecule has 0 aliphatic rings. The van der Waals surface area contributed by atoms with Gasteiger partial charge in [-0.1, -0.05) is 18.2 Å². The van der Waals surface area contributed by atoms with E-state index >= 15 is 0 Å². The van der Waals surface area contributed by atoms with Gasteiger partial charge in [0.05, 0.1) is 0 Å². The van der Waals surface area contributed by atoms with E-state index < -0.39 is 11.6 Å². The average molecular weight is 290 g/mol. The number of nitrogens with two attached hydrogens (primary N) is 1. The van der Waals surface area contributed by atoms with Crippen LogP contribution >= 0.6 is 0 Å². The number of hydrogen-bond donors (Lipinski definition) is 1. The number of nitrogens with zero attached hydrogens (tertiary/aromatic N) is 1. The van der Waals surface area contributed by atoms with Gasteiger partial charge in [0.1, 0.15) is 0 Å². The van der Waals surface area contributed by atoms with Crippen molar-refractivity contribution in [2.45, 2.75) is 13.5 Å². The first kappa shape index (κ1) is 15.0. The minimum absolute atomic E-state index is 0.116. The van der Waals surface area contributed by atoms with Gasteiger partial charge in [-0.2, -0.15) is 0 Å². The van der Waals surface area contributed by atoms with Crippen molar-refractivity contribution < 1.29 is 13.6 Å². The second kappa shape index (κ2) is 6.35. The van der Waals surface area contributed by atoms with Crippen LogP contribution in [-0.4, -0.2) is 17.4 Å². The van der Waals surface area contributed by atoms with E-state index in [4.69, 9.17) is 5.73 Å². The Labute approximate surface area is 122 Å². The minimum Gasteiger partial charge on any atom is -0.398 e. The Kier molecular flexibility index (Phi) is 4.52. The predicted molar refractivity (Wildman–Crippen MR) is 77.6 cm³/mol. The lowest BCUT2D eigenvalue weighted by atomic mass is 10.1. The molecule has 0 aromatic heterocycles. The van der Waals surface area contributed by atoms with Crippen molar-refractivity contribution in [1.82, 2.24) is 4.90 Å². The molecule has 0 unspecified atom stereocenters. The topological polar surface area (TPSA) is 46.3 Å². The van der Waals surface area contributed by atoms with E-state index in [-0.39, 0.29) is 11.5 Å². The maximum absolute atomic E-state index is 13.2. The summed E-state index contributed by atoms with van der Waals surface area (Å²) in [7, 11) is 0. The van der Waals surface area contributed by atoms with Crippen LogP contribution in [0, 0.1) is 11.6 Å². The monoisotopic (exact) mass is 290 g/mol. The van der Waals surface area contributed by atoms with E-state index in [1.807, 2.05) is 25.1 Å². The van der Waals surface area contributed by atoms with Crippen molar-refractivity contribution in [3.8, 4) is 0 Å². The number of hydrogen-bond acceptors (Lipinski definition) is 2. The number of para-hydroxylation sites is 1. The van der Waals surface area contributed by atoms with Gasteiger partial charge in [0.25, 0.3) is 5.91 Å². The van der Waals surface area contributed by atoms with Crippen molar-refractivity contribution in [2.75, 3.05) is 12.3 Å². The van der Waals surface area contributed by atoms with Crippen molar-refractivity contribution >= 4 is 11.6 Å². The molecule has 3 nitrogen and oxygen atoms in total. The minimum atomic E-state index is -1.03. The fourth-order valence-electron chi connectivity index (χ4n) is 2.02. The normalized spacial score (nSPS) is 10.4. The van der Waals surface area contributed by atoms with E-state index in [9.17, 15) is 13.6 Å². The number of carbonyl (C=O) groups excluding carboxylic acids is 1. The van der Waals surface area contributed by atoms with Crippen LogP contribution in [0.15, 0.2) is 42.5 Å². The molecule has 0 fully saturated rings. The molecule has 0 atom stereocenters. The Bertz CT molecular complexity index is 658. The zero-order valence-corrected chi connectivity index (χ0v) is 11.6. The number of anilines is 1. The molecule has 0 aliphatic carbocycles. The third-order valence-electron chi connectivity index (χ3n) is 3.25. The van der Waals surface area contributed by atoms with Gasteiger partial charge in [-0.05, 0) is 36.8 Å². The molecule has 5 heteroatoms. The zero-order valence-electron chi connectivity index (χ0n) is 11.6. The van der Waals surface area contributed by atoms with E-state index in [1.165, 1.54) is 11.0 Å². The predicted octanol–water partition coefficient (Wildman–Crippen LogP) is 3.21. The third kappa shape index (κ3) is 3.37. The lowest BCUT2D eigenvalue weighted by Crippen LogP contribution is -2.30. The highest BCUT2D eigenvalue weighted by Crippen LogP contribution is 2.16. The molecule has 2 N–H and O–H groups in total. The van der Waals surface area contributed by atoms with Gasteiger partial charge >= 0.3 is 0 Å². The number of carbonyl (C=O) groups is 1. The molecule has 2 aromatic rings. The molecule has 0 saturated heterocycles. The summed E-state index contributed by atoms with van der Waals surface area (Å²) in [6.45, 7) is 2.57. The molecular weight excluding hydrogens is 274 g/mol. The summed E-state index contributed by atoms with van der Waals surface area (Å²) in [6, 6.07) is 10.4. The molecule has 0 saturated carbocycles. The lowest BCUT2D eigenvalue weighted by molar-refractivity contribution is 0.0752. The maximum atomic E-state index is 13.2. The zero-order chi connectivity index (χ0) is 15.4. The molecule has 0 spiro atoms. The second-order valence-corrected chi connectivity index (χ2v) is 4.65. The molecule has 0 radical (unpaired) electrons. The largest absolute Gasteiger partial charge is 0.398 e. The molecule has 0 bridgehead atoms. The van der Waals surface area contributed by atoms with Crippen LogP contribution in [0.25, 0.3) is 0 Å². The highest BCUT2D eigenvalue weighted by Gasteiger charge is 2.17. The molecule has 2 aromatic carbocycles. The first-order valence-corrected chi connectivity index (χ1v) is 6.60. The Hall–Kier alpha value is -2.43. The van der Waals surface area contributed by atoms with Gasteiger partial charge < -0.3 is 10.6 Å². The van der Waals surface area contributed by atoms with Crippen molar-refractivity contribution in [1.29, 1.82) is 0 Å². The van der Waals surface area contributed by atoms with E-state index in [0.717, 1.165) is 17.7 Å². The Balaban J connectivity index is 2.22. The van der Waals surface area contributed by atoms with Gasteiger partial charge in [-0.25, -0.2) is 8.78 Å². The van der Waals surface area contributed by atoms with Crippen LogP contribution in [0.5, 0.6) is 0 Å². The van der Waals surface area contributed by atoms with E-state index in [1.54, 1.807) is 6.07 Å². The molecule has 21 heavy (non-hydrogen) atoms. The first-order chi connectivity index (χ1) is 10.0. The number of rotatable bonds is 4. The maximum Gasteiger partial charge on any atom is 0.254 e. The standard InChI is InChI=1S/C16H16F2N2O/c1-2-20(10-12-5-3-4-6-15(12)19)16(21)11-7-8-13(17)14(18)9-11/h3-9H,2,10,19H2,1H3. The van der Waals surface area contributed by atoms with Gasteiger partial charge in [-0.3, -0.25) is 4.79 Å². The van der Waals surface area contributed by atoms with Gasteiger partial charge in [0.2, 0.25) is 0 Å². The summed E-state index contributed by atoms with van der Waals surface area (Å²) in [6.07, 6.45) is 0. The van der Waals surface area contributed by atoms with Crippen LogP contribution in [0.3, 0.4) is 0 Å². The molecule has 0 aliphatic heterocycles. The fraction of sp³-hybridized carbons (Fsp3) is 0.188. The second-order valence-electron chi connectivity index (χ2n) is 4.65. The van der Waals surface area contributed by atoms with Gasteiger partial charge in [-0.15, -0.1) is 0 Å². The smallest absolute Gasteiger partial charge is 0.254 e. The Morgan fingerprint density at radius 3 is 2.48 bits per heavy atom. The van der Waals surface area contributed by atoms with Gasteiger partial charge in [0.15, 0.2) is 11.6 Å². The summed E-state index contributed by atoms with van der Waals surface area (Å²) in [5.41, 5.74) is 7.38. The van der Waals surface area contributed by atoms with Crippen LogP contribution < -0.4 is 5.73 Å². The van der Waals surface area contributed by atoms with Gasteiger partial charge in [0, 0.05) is 24.3 Å². The molecule has 1 amide bonds. The molecule has 110 valence electrons. The van der Waals surface area contributed by atoms with E-state index in [0.29, 0.717) is 18.8 Å². The average Bonchev–Trinajstić information content (AvgIpc) is 2.48. The third-order valence-corrected chi connectivity index (χ3v) is 3.25. The fourth-order valence-corrected chi connectivity index (χ4v) is 2.02. The molecular formula is C16H16F2N2O. The van der Waals surface area contributed by atoms with Crippen LogP contribution in [0.4, 0.5) is 14.5 Å².